The summed E-state index contributed by atoms with van der Waals surface area (Å²) >= 11 is 20.7. The van der Waals surface area contributed by atoms with Crippen LogP contribution in [0.1, 0.15) is 0 Å². The highest BCUT2D eigenvalue weighted by molar-refractivity contribution is 8.73. The van der Waals surface area contributed by atoms with Crippen LogP contribution in [0.25, 0.3) is 0 Å². The molecule has 60 valence electrons. The van der Waals surface area contributed by atoms with Gasteiger partial charge in [-0.05, 0) is 12.1 Å². The lowest BCUT2D eigenvalue weighted by Crippen LogP contribution is -1.94. The third-order valence-corrected chi connectivity index (χ3v) is 4.19. The molecule has 0 saturated carbocycles. The number of thiol groups is 1. The van der Waals surface area contributed by atoms with Crippen molar-refractivity contribution in [2.45, 2.75) is 0 Å². The molecular weight excluding hydrogens is 238 g/mol. The van der Waals surface area contributed by atoms with Crippen LogP contribution in [0.2, 0.25) is 5.02 Å². The molecule has 0 fully saturated rings. The molecule has 0 radical (unpaired) electrons. The molecule has 0 amide bonds. The lowest BCUT2D eigenvalue weighted by Gasteiger charge is -2.05. The van der Waals surface area contributed by atoms with Crippen molar-refractivity contribution in [2.24, 2.45) is 0 Å². The van der Waals surface area contributed by atoms with E-state index in [0.29, 0.717) is 5.02 Å². The average molecular weight is 243 g/mol. The van der Waals surface area contributed by atoms with Crippen LogP contribution in [-0.4, -0.2) is 0 Å². The number of benzene rings is 1. The van der Waals surface area contributed by atoms with Gasteiger partial charge in [-0.1, -0.05) is 46.8 Å². The monoisotopic (exact) mass is 242 g/mol. The Labute approximate surface area is 85.9 Å². The zero-order valence-electron chi connectivity index (χ0n) is 5.37. The number of halogens is 2. The highest BCUT2D eigenvalue weighted by Crippen LogP contribution is 2.55. The van der Waals surface area contributed by atoms with Crippen molar-refractivity contribution in [3.05, 3.63) is 29.3 Å². The molecule has 0 spiro atoms. The molecule has 1 atom stereocenters. The predicted octanol–water partition coefficient (Wildman–Crippen LogP) is 3.44. The van der Waals surface area contributed by atoms with Gasteiger partial charge < -0.3 is 0 Å². The second-order valence-corrected chi connectivity index (χ2v) is 11.0. The summed E-state index contributed by atoms with van der Waals surface area (Å²) in [4.78, 5) is 0. The van der Waals surface area contributed by atoms with E-state index in [1.165, 1.54) is 0 Å². The van der Waals surface area contributed by atoms with Gasteiger partial charge in [-0.3, -0.25) is 0 Å². The van der Waals surface area contributed by atoms with E-state index in [9.17, 15) is 0 Å². The van der Waals surface area contributed by atoms with E-state index in [1.54, 1.807) is 12.1 Å². The van der Waals surface area contributed by atoms with Crippen LogP contribution in [0.4, 0.5) is 0 Å². The Hall–Kier alpha value is 0.800. The summed E-state index contributed by atoms with van der Waals surface area (Å²) in [5.41, 5.74) is 0. The molecule has 0 nitrogen and oxygen atoms in total. The molecule has 1 unspecified atom stereocenters. The largest absolute Gasteiger partial charge is 0.122 e. The smallest absolute Gasteiger partial charge is 0.113 e. The fourth-order valence-corrected chi connectivity index (χ4v) is 2.51. The summed E-state index contributed by atoms with van der Waals surface area (Å²) in [5.74, 6) is 0. The Morgan fingerprint density at radius 1 is 1.45 bits per heavy atom. The zero-order chi connectivity index (χ0) is 8.48. The van der Waals surface area contributed by atoms with Crippen molar-refractivity contribution in [1.29, 1.82) is 0 Å². The predicted molar refractivity (Wildman–Crippen MR) is 60.2 cm³/mol. The molecule has 11 heavy (non-hydrogen) atoms. The van der Waals surface area contributed by atoms with E-state index in [2.05, 4.69) is 12.2 Å². The third-order valence-electron chi connectivity index (χ3n) is 1.13. The molecule has 0 aliphatic rings. The summed E-state index contributed by atoms with van der Waals surface area (Å²) in [7, 11) is 0. The van der Waals surface area contributed by atoms with E-state index in [0.717, 1.165) is 5.30 Å². The van der Waals surface area contributed by atoms with Crippen LogP contribution in [0.5, 0.6) is 0 Å². The topological polar surface area (TPSA) is 0 Å². The highest BCUT2D eigenvalue weighted by atomic mass is 35.7. The second kappa shape index (κ2) is 3.68. The minimum absolute atomic E-state index is 0.645. The van der Waals surface area contributed by atoms with Gasteiger partial charge in [0.2, 0.25) is 0 Å². The first-order chi connectivity index (χ1) is 5.00. The maximum atomic E-state index is 5.86. The standard InChI is InChI=1S/C6H5Cl2PS2/c7-5-2-1-3-6(4-5)9(8,10)11/h1-4H,(H,10,11). The SMILES string of the molecule is S=P(S)(Cl)c1cccc(Cl)c1. The molecular formula is C6H5Cl2PS2. The molecule has 0 aliphatic heterocycles. The number of hydrogen-bond acceptors (Lipinski definition) is 1. The van der Waals surface area contributed by atoms with Crippen LogP contribution < -0.4 is 5.30 Å². The average Bonchev–Trinajstić information content (AvgIpc) is 1.86. The lowest BCUT2D eigenvalue weighted by molar-refractivity contribution is 1.77. The van der Waals surface area contributed by atoms with Crippen LogP contribution in [0.3, 0.4) is 0 Å². The number of rotatable bonds is 1. The maximum absolute atomic E-state index is 5.86. The molecule has 0 saturated heterocycles. The molecule has 5 heteroatoms. The van der Waals surface area contributed by atoms with Gasteiger partial charge in [0.25, 0.3) is 0 Å². The minimum Gasteiger partial charge on any atom is -0.122 e. The van der Waals surface area contributed by atoms with Gasteiger partial charge in [-0.25, -0.2) is 0 Å². The Morgan fingerprint density at radius 2 is 2.09 bits per heavy atom. The molecule has 0 aromatic heterocycles. The Balaban J connectivity index is 3.17. The van der Waals surface area contributed by atoms with Crippen molar-refractivity contribution in [1.82, 2.24) is 0 Å². The summed E-state index contributed by atoms with van der Waals surface area (Å²) < 4.78 is -2.13. The van der Waals surface area contributed by atoms with Gasteiger partial charge in [0, 0.05) is 10.3 Å². The Morgan fingerprint density at radius 3 is 2.45 bits per heavy atom. The molecule has 1 aromatic rings. The van der Waals surface area contributed by atoms with E-state index >= 15 is 0 Å². The van der Waals surface area contributed by atoms with Crippen LogP contribution in [0.15, 0.2) is 24.3 Å². The molecule has 0 N–H and O–H groups in total. The Kier molecular flexibility index (Phi) is 3.30. The zero-order valence-corrected chi connectivity index (χ0v) is 9.49. The molecule has 0 heterocycles. The van der Waals surface area contributed by atoms with Crippen molar-refractivity contribution in [3.63, 3.8) is 0 Å². The highest BCUT2D eigenvalue weighted by Gasteiger charge is 2.09. The summed E-state index contributed by atoms with van der Waals surface area (Å²) in [5, 5.41) is 1.48. The third kappa shape index (κ3) is 2.96. The normalized spacial score (nSPS) is 15.9. The first-order valence-electron chi connectivity index (χ1n) is 2.79. The fraction of sp³-hybridized carbons (Fsp3) is 0. The fourth-order valence-electron chi connectivity index (χ4n) is 0.648. The van der Waals surface area contributed by atoms with Crippen molar-refractivity contribution < 1.29 is 0 Å². The maximum Gasteiger partial charge on any atom is 0.113 e. The van der Waals surface area contributed by atoms with Gasteiger partial charge in [-0.15, -0.1) is 12.2 Å². The first-order valence-corrected chi connectivity index (χ1v) is 8.02. The van der Waals surface area contributed by atoms with Crippen molar-refractivity contribution >= 4 is 56.8 Å². The van der Waals surface area contributed by atoms with E-state index in [4.69, 9.17) is 34.6 Å². The first kappa shape index (κ1) is 9.88. The minimum atomic E-state index is -2.13. The Bertz CT molecular complexity index is 307. The summed E-state index contributed by atoms with van der Waals surface area (Å²) in [6.07, 6.45) is 0. The summed E-state index contributed by atoms with van der Waals surface area (Å²) in [6, 6.07) is 7.19. The van der Waals surface area contributed by atoms with Gasteiger partial charge >= 0.3 is 0 Å². The second-order valence-electron chi connectivity index (χ2n) is 1.98. The summed E-state index contributed by atoms with van der Waals surface area (Å²) in [6.45, 7) is 0. The van der Waals surface area contributed by atoms with Gasteiger partial charge in [0.15, 0.2) is 0 Å². The molecule has 1 aromatic carbocycles. The van der Waals surface area contributed by atoms with Crippen LogP contribution in [-0.2, 0) is 11.8 Å². The van der Waals surface area contributed by atoms with Crippen molar-refractivity contribution in [3.8, 4) is 0 Å². The van der Waals surface area contributed by atoms with Gasteiger partial charge in [-0.2, -0.15) is 0 Å². The lowest BCUT2D eigenvalue weighted by atomic mass is 10.4. The molecule has 0 aliphatic carbocycles. The van der Waals surface area contributed by atoms with Gasteiger partial charge in [0.1, 0.15) is 4.59 Å². The van der Waals surface area contributed by atoms with Gasteiger partial charge in [0.05, 0.1) is 0 Å². The molecule has 1 rings (SSSR count). The molecule has 0 bridgehead atoms. The van der Waals surface area contributed by atoms with Crippen LogP contribution >= 0.6 is 39.7 Å². The van der Waals surface area contributed by atoms with Crippen molar-refractivity contribution in [2.75, 3.05) is 0 Å². The number of hydrogen-bond donors (Lipinski definition) is 1. The quantitative estimate of drug-likeness (QED) is 0.582. The van der Waals surface area contributed by atoms with E-state index in [1.807, 2.05) is 12.1 Å². The van der Waals surface area contributed by atoms with Crippen LogP contribution in [0, 0.1) is 0 Å². The van der Waals surface area contributed by atoms with E-state index in [-0.39, 0.29) is 0 Å². The van der Waals surface area contributed by atoms with E-state index < -0.39 is 4.59 Å².